The minimum Gasteiger partial charge on any atom is -0.497 e. The zero-order valence-electron chi connectivity index (χ0n) is 13.1. The average molecular weight is 291 g/mol. The second-order valence-electron chi connectivity index (χ2n) is 5.84. The second-order valence-corrected chi connectivity index (χ2v) is 5.84. The number of benzene rings is 1. The fourth-order valence-electron chi connectivity index (χ4n) is 3.37. The predicted octanol–water partition coefficient (Wildman–Crippen LogP) is 3.33. The molecule has 4 nitrogen and oxygen atoms in total. The number of piperidine rings is 1. The van der Waals surface area contributed by atoms with E-state index in [1.54, 1.807) is 7.11 Å². The molecular weight excluding hydrogens is 266 g/mol. The van der Waals surface area contributed by atoms with Crippen LogP contribution in [-0.4, -0.2) is 35.7 Å². The van der Waals surface area contributed by atoms with Crippen LogP contribution in [0.15, 0.2) is 24.3 Å². The zero-order valence-corrected chi connectivity index (χ0v) is 13.1. The highest BCUT2D eigenvalue weighted by molar-refractivity contribution is 5.70. The molecule has 1 aliphatic heterocycles. The van der Waals surface area contributed by atoms with Crippen LogP contribution in [0.25, 0.3) is 0 Å². The first-order valence-electron chi connectivity index (χ1n) is 7.69. The summed E-state index contributed by atoms with van der Waals surface area (Å²) in [5.74, 6) is 0.0230. The van der Waals surface area contributed by atoms with Crippen molar-refractivity contribution in [2.75, 3.05) is 13.7 Å². The van der Waals surface area contributed by atoms with Crippen molar-refractivity contribution in [2.45, 2.75) is 45.2 Å². The summed E-state index contributed by atoms with van der Waals surface area (Å²) in [7, 11) is 1.67. The third-order valence-corrected chi connectivity index (χ3v) is 4.56. The number of carbonyl (C=O) groups is 1. The van der Waals surface area contributed by atoms with Crippen molar-refractivity contribution in [1.29, 1.82) is 0 Å². The van der Waals surface area contributed by atoms with Gasteiger partial charge in [0.1, 0.15) is 5.75 Å². The maximum Gasteiger partial charge on any atom is 0.306 e. The Morgan fingerprint density at radius 2 is 2.10 bits per heavy atom. The molecular formula is C17H25NO3. The number of carboxylic acid groups (broad SMARTS) is 1. The van der Waals surface area contributed by atoms with Crippen LogP contribution in [-0.2, 0) is 4.79 Å². The van der Waals surface area contributed by atoms with Gasteiger partial charge in [0.25, 0.3) is 0 Å². The van der Waals surface area contributed by atoms with Gasteiger partial charge in [-0.2, -0.15) is 0 Å². The summed E-state index contributed by atoms with van der Waals surface area (Å²) >= 11 is 0. The van der Waals surface area contributed by atoms with Gasteiger partial charge in [0.05, 0.1) is 13.0 Å². The molecule has 1 N–H and O–H groups in total. The van der Waals surface area contributed by atoms with Crippen LogP contribution in [0.4, 0.5) is 0 Å². The van der Waals surface area contributed by atoms with Crippen molar-refractivity contribution in [3.05, 3.63) is 29.8 Å². The molecule has 0 aliphatic carbocycles. The number of likely N-dealkylation sites (tertiary alicyclic amines) is 1. The highest BCUT2D eigenvalue weighted by Gasteiger charge is 2.33. The summed E-state index contributed by atoms with van der Waals surface area (Å²) < 4.78 is 5.21. The minimum absolute atomic E-state index is 0.190. The maximum atomic E-state index is 11.2. The van der Waals surface area contributed by atoms with Gasteiger partial charge in [0.2, 0.25) is 0 Å². The Labute approximate surface area is 126 Å². The van der Waals surface area contributed by atoms with Crippen LogP contribution in [0.1, 0.15) is 44.7 Å². The minimum atomic E-state index is -0.654. The number of ether oxygens (including phenoxy) is 1. The molecule has 0 radical (unpaired) electrons. The van der Waals surface area contributed by atoms with E-state index in [4.69, 9.17) is 4.74 Å². The fraction of sp³-hybridized carbons (Fsp3) is 0.588. The van der Waals surface area contributed by atoms with Gasteiger partial charge in [0, 0.05) is 12.1 Å². The van der Waals surface area contributed by atoms with E-state index in [0.29, 0.717) is 12.1 Å². The van der Waals surface area contributed by atoms with Gasteiger partial charge in [-0.3, -0.25) is 9.69 Å². The van der Waals surface area contributed by atoms with Crippen LogP contribution < -0.4 is 4.74 Å². The van der Waals surface area contributed by atoms with Crippen molar-refractivity contribution < 1.29 is 14.6 Å². The number of nitrogens with zero attached hydrogens (tertiary/aromatic N) is 1. The molecule has 4 heteroatoms. The van der Waals surface area contributed by atoms with E-state index in [0.717, 1.165) is 31.6 Å². The van der Waals surface area contributed by atoms with Gasteiger partial charge in [-0.25, -0.2) is 0 Å². The summed E-state index contributed by atoms with van der Waals surface area (Å²) in [6, 6.07) is 8.86. The molecule has 2 rings (SSSR count). The molecule has 0 aromatic heterocycles. The molecule has 1 saturated heterocycles. The molecule has 0 bridgehead atoms. The van der Waals surface area contributed by atoms with E-state index in [2.05, 4.69) is 30.9 Å². The number of carboxylic acids is 1. The molecule has 0 amide bonds. The van der Waals surface area contributed by atoms with Crippen LogP contribution in [0.5, 0.6) is 5.75 Å². The summed E-state index contributed by atoms with van der Waals surface area (Å²) in [6.45, 7) is 5.18. The predicted molar refractivity (Wildman–Crippen MR) is 82.6 cm³/mol. The van der Waals surface area contributed by atoms with Crippen LogP contribution >= 0.6 is 0 Å². The van der Waals surface area contributed by atoms with Crippen molar-refractivity contribution in [3.8, 4) is 5.75 Å². The molecule has 1 aliphatic rings. The van der Waals surface area contributed by atoms with Gasteiger partial charge >= 0.3 is 5.97 Å². The monoisotopic (exact) mass is 291 g/mol. The van der Waals surface area contributed by atoms with E-state index in [1.165, 1.54) is 5.56 Å². The molecule has 3 atom stereocenters. The lowest BCUT2D eigenvalue weighted by Gasteiger charge is -2.41. The van der Waals surface area contributed by atoms with Gasteiger partial charge in [-0.1, -0.05) is 19.1 Å². The Bertz CT molecular complexity index is 471. The number of methoxy groups -OCH3 is 1. The number of hydrogen-bond acceptors (Lipinski definition) is 3. The fourth-order valence-corrected chi connectivity index (χ4v) is 3.37. The normalized spacial score (nSPS) is 24.5. The molecule has 3 unspecified atom stereocenters. The first kappa shape index (κ1) is 15.8. The first-order chi connectivity index (χ1) is 10.1. The molecule has 1 fully saturated rings. The topological polar surface area (TPSA) is 49.8 Å². The summed E-state index contributed by atoms with van der Waals surface area (Å²) in [6.07, 6.45) is 2.50. The quantitative estimate of drug-likeness (QED) is 0.904. The first-order valence-corrected chi connectivity index (χ1v) is 7.69. The van der Waals surface area contributed by atoms with Crippen molar-refractivity contribution in [3.63, 3.8) is 0 Å². The third-order valence-electron chi connectivity index (χ3n) is 4.56. The third kappa shape index (κ3) is 3.56. The van der Waals surface area contributed by atoms with E-state index >= 15 is 0 Å². The highest BCUT2D eigenvalue weighted by Crippen LogP contribution is 2.33. The van der Waals surface area contributed by atoms with Crippen molar-refractivity contribution in [1.82, 2.24) is 4.90 Å². The molecule has 21 heavy (non-hydrogen) atoms. The van der Waals surface area contributed by atoms with Crippen molar-refractivity contribution >= 4 is 5.97 Å². The number of hydrogen-bond donors (Lipinski definition) is 1. The molecule has 0 spiro atoms. The maximum absolute atomic E-state index is 11.2. The standard InChI is InChI=1S/C17H25NO3/c1-4-16(13-5-7-15(21-3)8-6-13)18-10-9-14(17(19)20)11-12(18)2/h5-8,12,14,16H,4,9-11H2,1-3H3,(H,19,20). The molecule has 0 saturated carbocycles. The molecule has 1 aromatic rings. The Kier molecular flexibility index (Phi) is 5.23. The average Bonchev–Trinajstić information content (AvgIpc) is 2.50. The molecule has 1 aromatic carbocycles. The number of rotatable bonds is 5. The van der Waals surface area contributed by atoms with Gasteiger partial charge in [-0.05, 0) is 50.4 Å². The van der Waals surface area contributed by atoms with Gasteiger partial charge in [-0.15, -0.1) is 0 Å². The lowest BCUT2D eigenvalue weighted by Crippen LogP contribution is -2.44. The van der Waals surface area contributed by atoms with E-state index in [1.807, 2.05) is 12.1 Å². The van der Waals surface area contributed by atoms with Gasteiger partial charge < -0.3 is 9.84 Å². The van der Waals surface area contributed by atoms with E-state index in [9.17, 15) is 9.90 Å². The Hall–Kier alpha value is -1.55. The van der Waals surface area contributed by atoms with Crippen LogP contribution in [0.2, 0.25) is 0 Å². The lowest BCUT2D eigenvalue weighted by molar-refractivity contribution is -0.144. The van der Waals surface area contributed by atoms with Gasteiger partial charge in [0.15, 0.2) is 0 Å². The Morgan fingerprint density at radius 1 is 1.43 bits per heavy atom. The SMILES string of the molecule is CCC(c1ccc(OC)cc1)N1CCC(C(=O)O)CC1C. The molecule has 1 heterocycles. The zero-order chi connectivity index (χ0) is 15.4. The van der Waals surface area contributed by atoms with E-state index in [-0.39, 0.29) is 5.92 Å². The Balaban J connectivity index is 2.11. The smallest absolute Gasteiger partial charge is 0.306 e. The lowest BCUT2D eigenvalue weighted by atomic mass is 9.89. The summed E-state index contributed by atoms with van der Waals surface area (Å²) in [5, 5.41) is 9.18. The highest BCUT2D eigenvalue weighted by atomic mass is 16.5. The summed E-state index contributed by atoms with van der Waals surface area (Å²) in [4.78, 5) is 13.6. The van der Waals surface area contributed by atoms with Crippen molar-refractivity contribution in [2.24, 2.45) is 5.92 Å². The van der Waals surface area contributed by atoms with E-state index < -0.39 is 5.97 Å². The second kappa shape index (κ2) is 6.94. The molecule has 116 valence electrons. The Morgan fingerprint density at radius 3 is 2.57 bits per heavy atom. The van der Waals surface area contributed by atoms with Crippen LogP contribution in [0.3, 0.4) is 0 Å². The summed E-state index contributed by atoms with van der Waals surface area (Å²) in [5.41, 5.74) is 1.28. The largest absolute Gasteiger partial charge is 0.497 e. The number of aliphatic carboxylic acids is 1. The van der Waals surface area contributed by atoms with Crippen LogP contribution in [0, 0.1) is 5.92 Å².